The highest BCUT2D eigenvalue weighted by Crippen LogP contribution is 2.34. The molecule has 1 amide bonds. The molecule has 1 atom stereocenters. The summed E-state index contributed by atoms with van der Waals surface area (Å²) in [6, 6.07) is 15.8. The molecule has 30 heavy (non-hydrogen) atoms. The largest absolute Gasteiger partial charge is 0.443 e. The Balaban J connectivity index is 0.00000124. The van der Waals surface area contributed by atoms with Gasteiger partial charge in [-0.15, -0.1) is 0 Å². The van der Waals surface area contributed by atoms with Crippen LogP contribution in [0, 0.1) is 18.3 Å². The molecule has 2 aromatic carbocycles. The first kappa shape index (κ1) is 21.4. The van der Waals surface area contributed by atoms with Gasteiger partial charge >= 0.3 is 6.09 Å². The number of hydrogen-bond donors (Lipinski definition) is 1. The van der Waals surface area contributed by atoms with E-state index >= 15 is 0 Å². The molecular weight excluding hydrogens is 378 g/mol. The van der Waals surface area contributed by atoms with Gasteiger partial charge in [0, 0.05) is 35.6 Å². The molecule has 1 aromatic heterocycles. The maximum absolute atomic E-state index is 12.1. The zero-order chi connectivity index (χ0) is 21.7. The van der Waals surface area contributed by atoms with Crippen LogP contribution in [0.2, 0.25) is 0 Å². The smallest absolute Gasteiger partial charge is 0.411 e. The fourth-order valence-corrected chi connectivity index (χ4v) is 3.65. The second-order valence-corrected chi connectivity index (χ2v) is 7.01. The van der Waals surface area contributed by atoms with E-state index in [1.165, 1.54) is 0 Å². The number of fused-ring (bicyclic) bond motifs is 1. The van der Waals surface area contributed by atoms with Gasteiger partial charge in [-0.1, -0.05) is 38.1 Å². The third-order valence-electron chi connectivity index (χ3n) is 5.01. The highest BCUT2D eigenvalue weighted by molar-refractivity contribution is 5.95. The number of carbonyl (C=O) groups is 1. The lowest BCUT2D eigenvalue weighted by Crippen LogP contribution is -2.22. The summed E-state index contributed by atoms with van der Waals surface area (Å²) in [7, 11) is 1.95. The molecule has 3 aromatic rings. The van der Waals surface area contributed by atoms with Crippen molar-refractivity contribution < 1.29 is 14.3 Å². The first-order chi connectivity index (χ1) is 14.6. The Morgan fingerprint density at radius 3 is 2.77 bits per heavy atom. The fourth-order valence-electron chi connectivity index (χ4n) is 3.65. The third kappa shape index (κ3) is 4.32. The predicted octanol–water partition coefficient (Wildman–Crippen LogP) is 5.39. The number of nitriles is 1. The number of carbonyl (C=O) groups excluding carboxylic acids is 1. The molecule has 1 aliphatic heterocycles. The molecule has 0 bridgehead atoms. The number of nitrogens with one attached hydrogen (secondary N) is 1. The van der Waals surface area contributed by atoms with Crippen molar-refractivity contribution >= 4 is 22.7 Å². The minimum Gasteiger partial charge on any atom is -0.443 e. The topological polar surface area (TPSA) is 76.3 Å². The third-order valence-corrected chi connectivity index (χ3v) is 5.01. The molecule has 6 heteroatoms. The van der Waals surface area contributed by atoms with Crippen molar-refractivity contribution in [3.63, 3.8) is 0 Å². The van der Waals surface area contributed by atoms with E-state index in [0.717, 1.165) is 27.7 Å². The number of ether oxygens (including phenoxy) is 2. The summed E-state index contributed by atoms with van der Waals surface area (Å²) in [6.45, 7) is 7.09. The molecule has 0 saturated carbocycles. The van der Waals surface area contributed by atoms with E-state index in [-0.39, 0.29) is 6.10 Å². The summed E-state index contributed by atoms with van der Waals surface area (Å²) >= 11 is 0. The maximum atomic E-state index is 12.1. The van der Waals surface area contributed by atoms with Gasteiger partial charge in [0.15, 0.2) is 0 Å². The minimum absolute atomic E-state index is 0.199. The van der Waals surface area contributed by atoms with Crippen molar-refractivity contribution in [2.24, 2.45) is 7.05 Å². The molecule has 0 radical (unpaired) electrons. The van der Waals surface area contributed by atoms with E-state index in [2.05, 4.69) is 17.5 Å². The first-order valence-corrected chi connectivity index (χ1v) is 10.2. The van der Waals surface area contributed by atoms with Crippen LogP contribution in [-0.4, -0.2) is 30.0 Å². The molecule has 2 heterocycles. The molecule has 1 saturated heterocycles. The number of rotatable bonds is 3. The molecular formula is C24H27N3O3. The lowest BCUT2D eigenvalue weighted by atomic mass is 10.0. The minimum atomic E-state index is -0.499. The van der Waals surface area contributed by atoms with Crippen LogP contribution in [0.1, 0.15) is 31.4 Å². The van der Waals surface area contributed by atoms with E-state index in [1.54, 1.807) is 6.07 Å². The molecule has 1 unspecified atom stereocenters. The summed E-state index contributed by atoms with van der Waals surface area (Å²) in [5, 5.41) is 13.5. The molecule has 1 aliphatic rings. The maximum Gasteiger partial charge on any atom is 0.411 e. The zero-order valence-electron chi connectivity index (χ0n) is 17.9. The van der Waals surface area contributed by atoms with Crippen LogP contribution in [-0.2, 0) is 16.5 Å². The van der Waals surface area contributed by atoms with Crippen LogP contribution in [0.15, 0.2) is 42.5 Å². The van der Waals surface area contributed by atoms with E-state index in [9.17, 15) is 10.1 Å². The van der Waals surface area contributed by atoms with Crippen molar-refractivity contribution in [2.45, 2.75) is 33.3 Å². The molecule has 1 N–H and O–H groups in total. The van der Waals surface area contributed by atoms with Gasteiger partial charge in [-0.05, 0) is 30.7 Å². The van der Waals surface area contributed by atoms with Crippen LogP contribution in [0.4, 0.5) is 10.5 Å². The van der Waals surface area contributed by atoms with Crippen LogP contribution in [0.25, 0.3) is 22.2 Å². The Bertz CT molecular complexity index is 1090. The quantitative estimate of drug-likeness (QED) is 0.634. The van der Waals surface area contributed by atoms with Crippen molar-refractivity contribution in [3.8, 4) is 17.3 Å². The molecule has 0 spiro atoms. The van der Waals surface area contributed by atoms with Crippen molar-refractivity contribution in [2.75, 3.05) is 18.5 Å². The van der Waals surface area contributed by atoms with Crippen molar-refractivity contribution in [1.29, 1.82) is 5.26 Å². The van der Waals surface area contributed by atoms with Gasteiger partial charge in [0.25, 0.3) is 0 Å². The summed E-state index contributed by atoms with van der Waals surface area (Å²) < 4.78 is 12.6. The number of benzene rings is 2. The predicted molar refractivity (Wildman–Crippen MR) is 118 cm³/mol. The number of anilines is 1. The summed E-state index contributed by atoms with van der Waals surface area (Å²) in [5.41, 5.74) is 5.06. The van der Waals surface area contributed by atoms with Gasteiger partial charge in [0.2, 0.25) is 0 Å². The van der Waals surface area contributed by atoms with Gasteiger partial charge in [-0.25, -0.2) is 4.79 Å². The highest BCUT2D eigenvalue weighted by atomic mass is 16.6. The van der Waals surface area contributed by atoms with Gasteiger partial charge in [0.1, 0.15) is 12.2 Å². The Hall–Kier alpha value is -3.30. The van der Waals surface area contributed by atoms with E-state index in [1.807, 2.05) is 62.7 Å². The summed E-state index contributed by atoms with van der Waals surface area (Å²) in [6.07, 6.45) is 0.0181. The first-order valence-electron chi connectivity index (χ1n) is 10.2. The van der Waals surface area contributed by atoms with Gasteiger partial charge in [0.05, 0.1) is 24.5 Å². The highest BCUT2D eigenvalue weighted by Gasteiger charge is 2.20. The Morgan fingerprint density at radius 1 is 1.27 bits per heavy atom. The van der Waals surface area contributed by atoms with Crippen LogP contribution >= 0.6 is 0 Å². The average molecular weight is 405 g/mol. The van der Waals surface area contributed by atoms with E-state index in [4.69, 9.17) is 9.47 Å². The monoisotopic (exact) mass is 405 g/mol. The molecule has 1 fully saturated rings. The van der Waals surface area contributed by atoms with Crippen molar-refractivity contribution in [1.82, 2.24) is 4.57 Å². The lowest BCUT2D eigenvalue weighted by Gasteiger charge is -2.12. The number of nitrogens with zero attached hydrogens (tertiary/aromatic N) is 2. The Morgan fingerprint density at radius 2 is 2.07 bits per heavy atom. The summed E-state index contributed by atoms with van der Waals surface area (Å²) in [5.74, 6) is 0. The number of hydrogen-bond acceptors (Lipinski definition) is 4. The van der Waals surface area contributed by atoms with Crippen LogP contribution in [0.3, 0.4) is 0 Å². The second-order valence-electron chi connectivity index (χ2n) is 7.01. The number of aromatic nitrogens is 1. The van der Waals surface area contributed by atoms with Gasteiger partial charge in [-0.2, -0.15) is 5.26 Å². The molecule has 156 valence electrons. The fraction of sp³-hybridized carbons (Fsp3) is 0.333. The van der Waals surface area contributed by atoms with Gasteiger partial charge < -0.3 is 14.0 Å². The normalized spacial score (nSPS) is 15.2. The molecule has 4 rings (SSSR count). The zero-order valence-corrected chi connectivity index (χ0v) is 17.9. The van der Waals surface area contributed by atoms with Crippen LogP contribution < -0.4 is 5.32 Å². The SMILES string of the molecule is CC.Cc1ccc2c(C#N)c(-c3cccc(NC(=O)OC4CCOC4)c3)n(C)c2c1. The number of amides is 1. The van der Waals surface area contributed by atoms with Gasteiger partial charge in [-0.3, -0.25) is 5.32 Å². The number of aryl methyl sites for hydroxylation is 2. The van der Waals surface area contributed by atoms with E-state index in [0.29, 0.717) is 30.9 Å². The Labute approximate surface area is 177 Å². The molecule has 6 nitrogen and oxygen atoms in total. The lowest BCUT2D eigenvalue weighted by molar-refractivity contribution is 0.0932. The van der Waals surface area contributed by atoms with E-state index < -0.39 is 6.09 Å². The Kier molecular flexibility index (Phi) is 6.76. The van der Waals surface area contributed by atoms with Crippen molar-refractivity contribution in [3.05, 3.63) is 53.6 Å². The molecule has 0 aliphatic carbocycles. The standard InChI is InChI=1S/C22H21N3O3.C2H6/c1-14-6-7-18-19(12-23)21(25(2)20(18)10-14)15-4-3-5-16(11-15)24-22(26)28-17-8-9-27-13-17;1-2/h3-7,10-11,17H,8-9,13H2,1-2H3,(H,24,26);1-2H3. The second kappa shape index (κ2) is 9.47. The van der Waals surface area contributed by atoms with Crippen LogP contribution in [0.5, 0.6) is 0 Å². The summed E-state index contributed by atoms with van der Waals surface area (Å²) in [4.78, 5) is 12.1. The average Bonchev–Trinajstić information content (AvgIpc) is 3.35.